The van der Waals surface area contributed by atoms with Crippen molar-refractivity contribution in [1.29, 1.82) is 0 Å². The van der Waals surface area contributed by atoms with Gasteiger partial charge in [0.15, 0.2) is 6.61 Å². The number of nitrogens with one attached hydrogen (secondary N) is 1. The topological polar surface area (TPSA) is 75.7 Å². The van der Waals surface area contributed by atoms with Gasteiger partial charge < -0.3 is 15.0 Å². The lowest BCUT2D eigenvalue weighted by Gasteiger charge is -2.18. The van der Waals surface area contributed by atoms with Crippen molar-refractivity contribution in [3.63, 3.8) is 0 Å². The fourth-order valence-corrected chi connectivity index (χ4v) is 2.25. The summed E-state index contributed by atoms with van der Waals surface area (Å²) in [5.41, 5.74) is 0.326. The van der Waals surface area contributed by atoms with Gasteiger partial charge in [-0.05, 0) is 18.4 Å². The van der Waals surface area contributed by atoms with Crippen LogP contribution in [-0.4, -0.2) is 49.9 Å². The Morgan fingerprint density at radius 3 is 2.41 bits per heavy atom. The average molecular weight is 304 g/mol. The molecule has 0 aliphatic heterocycles. The minimum absolute atomic E-state index is 0.0588. The molecule has 22 heavy (non-hydrogen) atoms. The van der Waals surface area contributed by atoms with Crippen LogP contribution in [0.5, 0.6) is 0 Å². The van der Waals surface area contributed by atoms with E-state index >= 15 is 0 Å². The van der Waals surface area contributed by atoms with Gasteiger partial charge in [-0.15, -0.1) is 0 Å². The molecular formula is C16H20N2O4. The summed E-state index contributed by atoms with van der Waals surface area (Å²) >= 11 is 0. The predicted molar refractivity (Wildman–Crippen MR) is 80.0 cm³/mol. The Labute approximate surface area is 129 Å². The summed E-state index contributed by atoms with van der Waals surface area (Å²) in [7, 11) is 2.99. The Balaban J connectivity index is 1.88. The second kappa shape index (κ2) is 6.60. The molecule has 0 spiro atoms. The zero-order valence-corrected chi connectivity index (χ0v) is 12.8. The second-order valence-corrected chi connectivity index (χ2v) is 5.45. The summed E-state index contributed by atoms with van der Waals surface area (Å²) in [5.74, 6) is -1.05. The first-order valence-electron chi connectivity index (χ1n) is 7.17. The standard InChI is InChI=1S/C16H20N2O4/c1-17-13(19)10-18(2)14(20)11-22-15(21)16(8-9-16)12-6-4-3-5-7-12/h3-7H,8-11H2,1-2H3,(H,17,19). The molecule has 2 rings (SSSR count). The number of benzene rings is 1. The lowest BCUT2D eigenvalue weighted by molar-refractivity contribution is -0.154. The van der Waals surface area contributed by atoms with Crippen molar-refractivity contribution in [2.24, 2.45) is 0 Å². The van der Waals surface area contributed by atoms with Crippen molar-refractivity contribution in [1.82, 2.24) is 10.2 Å². The molecule has 0 bridgehead atoms. The highest BCUT2D eigenvalue weighted by molar-refractivity contribution is 5.90. The molecule has 0 unspecified atom stereocenters. The molecule has 118 valence electrons. The van der Waals surface area contributed by atoms with E-state index in [1.165, 1.54) is 19.0 Å². The van der Waals surface area contributed by atoms with E-state index < -0.39 is 11.3 Å². The Hall–Kier alpha value is -2.37. The van der Waals surface area contributed by atoms with Gasteiger partial charge in [-0.1, -0.05) is 30.3 Å². The van der Waals surface area contributed by atoms with Gasteiger partial charge in [0.25, 0.3) is 5.91 Å². The van der Waals surface area contributed by atoms with Crippen LogP contribution >= 0.6 is 0 Å². The number of esters is 1. The zero-order chi connectivity index (χ0) is 16.2. The van der Waals surface area contributed by atoms with E-state index in [1.54, 1.807) is 0 Å². The van der Waals surface area contributed by atoms with Gasteiger partial charge in [0.1, 0.15) is 0 Å². The van der Waals surface area contributed by atoms with Crippen LogP contribution in [0, 0.1) is 0 Å². The fraction of sp³-hybridized carbons (Fsp3) is 0.438. The number of ether oxygens (including phenoxy) is 1. The third-order valence-electron chi connectivity index (χ3n) is 3.88. The number of hydrogen-bond acceptors (Lipinski definition) is 4. The highest BCUT2D eigenvalue weighted by atomic mass is 16.5. The number of carbonyl (C=O) groups is 3. The summed E-state index contributed by atoms with van der Waals surface area (Å²) in [6, 6.07) is 9.44. The maximum absolute atomic E-state index is 12.3. The Morgan fingerprint density at radius 1 is 1.23 bits per heavy atom. The minimum atomic E-state index is -0.596. The molecule has 1 aliphatic carbocycles. The van der Waals surface area contributed by atoms with E-state index in [1.807, 2.05) is 30.3 Å². The Bertz CT molecular complexity index is 567. The highest BCUT2D eigenvalue weighted by Gasteiger charge is 2.52. The molecule has 0 saturated heterocycles. The molecule has 1 fully saturated rings. The smallest absolute Gasteiger partial charge is 0.317 e. The summed E-state index contributed by atoms with van der Waals surface area (Å²) in [5, 5.41) is 2.43. The molecule has 1 N–H and O–H groups in total. The number of rotatable bonds is 6. The third kappa shape index (κ3) is 3.44. The predicted octanol–water partition coefficient (Wildman–Crippen LogP) is 0.466. The van der Waals surface area contributed by atoms with Gasteiger partial charge in [0.2, 0.25) is 5.91 Å². The molecule has 6 nitrogen and oxygen atoms in total. The molecule has 1 saturated carbocycles. The molecular weight excluding hydrogens is 284 g/mol. The van der Waals surface area contributed by atoms with Crippen molar-refractivity contribution in [3.05, 3.63) is 35.9 Å². The van der Waals surface area contributed by atoms with Gasteiger partial charge in [-0.25, -0.2) is 0 Å². The van der Waals surface area contributed by atoms with E-state index in [2.05, 4.69) is 5.32 Å². The monoisotopic (exact) mass is 304 g/mol. The van der Waals surface area contributed by atoms with Gasteiger partial charge in [-0.3, -0.25) is 14.4 Å². The number of likely N-dealkylation sites (N-methyl/N-ethyl adjacent to an activating group) is 2. The van der Waals surface area contributed by atoms with Crippen LogP contribution in [0.15, 0.2) is 30.3 Å². The Kier molecular flexibility index (Phi) is 4.80. The number of carbonyl (C=O) groups excluding carboxylic acids is 3. The quantitative estimate of drug-likeness (QED) is 0.775. The molecule has 2 amide bonds. The van der Waals surface area contributed by atoms with E-state index in [0.717, 1.165) is 18.4 Å². The second-order valence-electron chi connectivity index (χ2n) is 5.45. The molecule has 1 aliphatic rings. The van der Waals surface area contributed by atoms with Crippen molar-refractivity contribution < 1.29 is 19.1 Å². The fourth-order valence-electron chi connectivity index (χ4n) is 2.25. The first-order valence-corrected chi connectivity index (χ1v) is 7.17. The first kappa shape index (κ1) is 16.0. The maximum atomic E-state index is 12.3. The van der Waals surface area contributed by atoms with Gasteiger partial charge in [0, 0.05) is 14.1 Å². The lowest BCUT2D eigenvalue weighted by atomic mass is 9.96. The number of amides is 2. The molecule has 0 heterocycles. The molecule has 1 aromatic carbocycles. The van der Waals surface area contributed by atoms with Crippen LogP contribution < -0.4 is 5.32 Å². The maximum Gasteiger partial charge on any atom is 0.317 e. The summed E-state index contributed by atoms with van der Waals surface area (Å²) in [6.07, 6.45) is 1.47. The van der Waals surface area contributed by atoms with Crippen LogP contribution in [0.1, 0.15) is 18.4 Å². The highest BCUT2D eigenvalue weighted by Crippen LogP contribution is 2.49. The summed E-state index contributed by atoms with van der Waals surface area (Å²) in [4.78, 5) is 36.5. The SMILES string of the molecule is CNC(=O)CN(C)C(=O)COC(=O)C1(c2ccccc2)CC1. The van der Waals surface area contributed by atoms with Crippen LogP contribution in [-0.2, 0) is 24.5 Å². The Morgan fingerprint density at radius 2 is 1.86 bits per heavy atom. The lowest BCUT2D eigenvalue weighted by Crippen LogP contribution is -2.39. The van der Waals surface area contributed by atoms with Gasteiger partial charge in [-0.2, -0.15) is 0 Å². The normalized spacial score (nSPS) is 14.8. The largest absolute Gasteiger partial charge is 0.455 e. The van der Waals surface area contributed by atoms with Gasteiger partial charge >= 0.3 is 5.97 Å². The molecule has 0 atom stereocenters. The van der Waals surface area contributed by atoms with Crippen molar-refractivity contribution in [2.75, 3.05) is 27.2 Å². The van der Waals surface area contributed by atoms with E-state index in [-0.39, 0.29) is 25.0 Å². The number of hydrogen-bond donors (Lipinski definition) is 1. The number of nitrogens with zero attached hydrogens (tertiary/aromatic N) is 1. The average Bonchev–Trinajstić information content (AvgIpc) is 3.34. The van der Waals surface area contributed by atoms with Crippen molar-refractivity contribution >= 4 is 17.8 Å². The van der Waals surface area contributed by atoms with Crippen LogP contribution in [0.4, 0.5) is 0 Å². The van der Waals surface area contributed by atoms with Gasteiger partial charge in [0.05, 0.1) is 12.0 Å². The summed E-state index contributed by atoms with van der Waals surface area (Å²) < 4.78 is 5.16. The van der Waals surface area contributed by atoms with Crippen molar-refractivity contribution in [2.45, 2.75) is 18.3 Å². The van der Waals surface area contributed by atoms with Crippen molar-refractivity contribution in [3.8, 4) is 0 Å². The van der Waals surface area contributed by atoms with E-state index in [9.17, 15) is 14.4 Å². The molecule has 0 radical (unpaired) electrons. The first-order chi connectivity index (χ1) is 10.5. The van der Waals surface area contributed by atoms with Crippen LogP contribution in [0.25, 0.3) is 0 Å². The van der Waals surface area contributed by atoms with Crippen LogP contribution in [0.3, 0.4) is 0 Å². The molecule has 6 heteroatoms. The zero-order valence-electron chi connectivity index (χ0n) is 12.8. The summed E-state index contributed by atoms with van der Waals surface area (Å²) in [6.45, 7) is -0.405. The molecule has 0 aromatic heterocycles. The van der Waals surface area contributed by atoms with E-state index in [0.29, 0.717) is 0 Å². The third-order valence-corrected chi connectivity index (χ3v) is 3.88. The molecule has 1 aromatic rings. The van der Waals surface area contributed by atoms with E-state index in [4.69, 9.17) is 4.74 Å². The van der Waals surface area contributed by atoms with Crippen LogP contribution in [0.2, 0.25) is 0 Å². The minimum Gasteiger partial charge on any atom is -0.455 e.